The molecule has 3 rings (SSSR count). The fourth-order valence-corrected chi connectivity index (χ4v) is 2.12. The Balaban J connectivity index is 1.81. The molecule has 0 bridgehead atoms. The van der Waals surface area contributed by atoms with Crippen molar-refractivity contribution < 1.29 is 18.3 Å². The van der Waals surface area contributed by atoms with Crippen LogP contribution in [0.4, 0.5) is 4.39 Å². The average Bonchev–Trinajstić information content (AvgIpc) is 2.96. The van der Waals surface area contributed by atoms with Gasteiger partial charge in [-0.15, -0.1) is 5.10 Å². The third-order valence-corrected chi connectivity index (χ3v) is 3.40. The molecule has 7 heteroatoms. The minimum absolute atomic E-state index is 0.0301. The van der Waals surface area contributed by atoms with Crippen LogP contribution in [0.3, 0.4) is 0 Å². The van der Waals surface area contributed by atoms with Crippen molar-refractivity contribution in [1.29, 1.82) is 0 Å². The summed E-state index contributed by atoms with van der Waals surface area (Å²) < 4.78 is 23.9. The molecular weight excluding hydrogens is 315 g/mol. The van der Waals surface area contributed by atoms with Gasteiger partial charge in [0.25, 0.3) is 0 Å². The van der Waals surface area contributed by atoms with Gasteiger partial charge in [0.2, 0.25) is 5.89 Å². The number of rotatable bonds is 5. The summed E-state index contributed by atoms with van der Waals surface area (Å²) in [6.07, 6.45) is 0. The summed E-state index contributed by atoms with van der Waals surface area (Å²) in [7, 11) is 1.53. The number of Topliss-reactive ketones (excluding diaryl/α,β-unsaturated/α-hetero) is 1. The standard InChI is InChI=1S/C17H13FN2O4/c1-23-14-8-4-11(5-9-14)15(21)10-20-17(22)24-16(19-20)12-2-6-13(18)7-3-12/h2-9H,10H2,1H3. The zero-order chi connectivity index (χ0) is 17.1. The molecule has 0 aliphatic carbocycles. The van der Waals surface area contributed by atoms with Gasteiger partial charge in [0, 0.05) is 11.1 Å². The first-order valence-electron chi connectivity index (χ1n) is 7.08. The van der Waals surface area contributed by atoms with E-state index in [9.17, 15) is 14.0 Å². The molecule has 6 nitrogen and oxygen atoms in total. The molecule has 0 aliphatic rings. The molecule has 0 aliphatic heterocycles. The SMILES string of the molecule is COc1ccc(C(=O)Cn2nc(-c3ccc(F)cc3)oc2=O)cc1. The van der Waals surface area contributed by atoms with Crippen LogP contribution in [0, 0.1) is 5.82 Å². The zero-order valence-electron chi connectivity index (χ0n) is 12.7. The molecule has 0 unspecified atom stereocenters. The number of carbonyl (C=O) groups excluding carboxylic acids is 1. The van der Waals surface area contributed by atoms with Gasteiger partial charge in [-0.1, -0.05) is 0 Å². The molecular formula is C17H13FN2O4. The lowest BCUT2D eigenvalue weighted by Crippen LogP contribution is -2.21. The highest BCUT2D eigenvalue weighted by molar-refractivity contribution is 5.95. The molecule has 1 heterocycles. The molecule has 0 atom stereocenters. The van der Waals surface area contributed by atoms with Crippen molar-refractivity contribution in [2.45, 2.75) is 6.54 Å². The van der Waals surface area contributed by atoms with Crippen LogP contribution in [0.5, 0.6) is 5.75 Å². The van der Waals surface area contributed by atoms with Crippen LogP contribution in [0.2, 0.25) is 0 Å². The first-order chi connectivity index (χ1) is 11.6. The van der Waals surface area contributed by atoms with Gasteiger partial charge in [0.05, 0.1) is 7.11 Å². The zero-order valence-corrected chi connectivity index (χ0v) is 12.7. The maximum Gasteiger partial charge on any atom is 0.437 e. The van der Waals surface area contributed by atoms with Crippen molar-refractivity contribution in [3.63, 3.8) is 0 Å². The molecule has 0 spiro atoms. The molecule has 0 saturated heterocycles. The van der Waals surface area contributed by atoms with E-state index in [1.54, 1.807) is 24.3 Å². The van der Waals surface area contributed by atoms with E-state index in [2.05, 4.69) is 5.10 Å². The number of hydrogen-bond donors (Lipinski definition) is 0. The number of aromatic nitrogens is 2. The maximum atomic E-state index is 12.9. The van der Waals surface area contributed by atoms with E-state index in [0.29, 0.717) is 16.9 Å². The number of benzene rings is 2. The molecule has 0 amide bonds. The van der Waals surface area contributed by atoms with Crippen molar-refractivity contribution in [2.75, 3.05) is 7.11 Å². The first-order valence-corrected chi connectivity index (χ1v) is 7.08. The predicted octanol–water partition coefficient (Wildman–Crippen LogP) is 2.53. The summed E-state index contributed by atoms with van der Waals surface area (Å²) in [4.78, 5) is 24.1. The van der Waals surface area contributed by atoms with Crippen LogP contribution in [0.1, 0.15) is 10.4 Å². The first kappa shape index (κ1) is 15.7. The summed E-state index contributed by atoms with van der Waals surface area (Å²) in [5.74, 6) is -0.795. The van der Waals surface area contributed by atoms with E-state index >= 15 is 0 Å². The van der Waals surface area contributed by atoms with Gasteiger partial charge in [-0.3, -0.25) is 4.79 Å². The molecule has 0 radical (unpaired) electrons. The third-order valence-electron chi connectivity index (χ3n) is 3.40. The number of ether oxygens (including phenoxy) is 1. The number of carbonyl (C=O) groups is 1. The van der Waals surface area contributed by atoms with E-state index < -0.39 is 11.6 Å². The Kier molecular flexibility index (Phi) is 4.24. The molecule has 24 heavy (non-hydrogen) atoms. The highest BCUT2D eigenvalue weighted by Crippen LogP contribution is 2.16. The van der Waals surface area contributed by atoms with Gasteiger partial charge in [-0.25, -0.2) is 9.18 Å². The second kappa shape index (κ2) is 6.49. The van der Waals surface area contributed by atoms with Crippen LogP contribution in [-0.2, 0) is 6.54 Å². The van der Waals surface area contributed by atoms with Gasteiger partial charge in [0.1, 0.15) is 18.1 Å². The second-order valence-electron chi connectivity index (χ2n) is 4.99. The van der Waals surface area contributed by atoms with Crippen molar-refractivity contribution in [1.82, 2.24) is 9.78 Å². The van der Waals surface area contributed by atoms with Crippen molar-refractivity contribution in [3.8, 4) is 17.2 Å². The van der Waals surface area contributed by atoms with Gasteiger partial charge in [0.15, 0.2) is 5.78 Å². The predicted molar refractivity (Wildman–Crippen MR) is 83.5 cm³/mol. The van der Waals surface area contributed by atoms with Gasteiger partial charge in [-0.2, -0.15) is 4.68 Å². The Bertz CT molecular complexity index is 911. The van der Waals surface area contributed by atoms with Crippen LogP contribution < -0.4 is 10.5 Å². The normalized spacial score (nSPS) is 10.6. The van der Waals surface area contributed by atoms with Crippen molar-refractivity contribution in [2.24, 2.45) is 0 Å². The minimum atomic E-state index is -0.754. The monoisotopic (exact) mass is 328 g/mol. The van der Waals surface area contributed by atoms with Gasteiger partial charge in [-0.05, 0) is 48.5 Å². The topological polar surface area (TPSA) is 74.3 Å². The summed E-state index contributed by atoms with van der Waals surface area (Å²) in [5.41, 5.74) is 0.873. The molecule has 0 saturated carbocycles. The molecule has 122 valence electrons. The molecule has 0 fully saturated rings. The minimum Gasteiger partial charge on any atom is -0.497 e. The summed E-state index contributed by atoms with van der Waals surface area (Å²) in [6, 6.07) is 11.9. The van der Waals surface area contributed by atoms with Gasteiger partial charge < -0.3 is 9.15 Å². The molecule has 2 aromatic carbocycles. The van der Waals surface area contributed by atoms with Crippen molar-refractivity contribution in [3.05, 3.63) is 70.5 Å². The highest BCUT2D eigenvalue weighted by atomic mass is 19.1. The highest BCUT2D eigenvalue weighted by Gasteiger charge is 2.14. The average molecular weight is 328 g/mol. The molecule has 0 N–H and O–H groups in total. The quantitative estimate of drug-likeness (QED) is 0.673. The van der Waals surface area contributed by atoms with E-state index in [-0.39, 0.29) is 18.2 Å². The Morgan fingerprint density at radius 1 is 1.17 bits per heavy atom. The molecule has 3 aromatic rings. The fraction of sp³-hybridized carbons (Fsp3) is 0.118. The van der Waals surface area contributed by atoms with Crippen LogP contribution in [-0.4, -0.2) is 22.7 Å². The van der Waals surface area contributed by atoms with E-state index in [4.69, 9.17) is 9.15 Å². The number of halogens is 1. The lowest BCUT2D eigenvalue weighted by atomic mass is 10.1. The smallest absolute Gasteiger partial charge is 0.437 e. The van der Waals surface area contributed by atoms with E-state index in [0.717, 1.165) is 4.68 Å². The Hall–Kier alpha value is -3.22. The number of methoxy groups -OCH3 is 1. The van der Waals surface area contributed by atoms with Crippen LogP contribution in [0.15, 0.2) is 57.7 Å². The Labute approximate surface area is 136 Å². The second-order valence-corrected chi connectivity index (χ2v) is 4.99. The summed E-state index contributed by atoms with van der Waals surface area (Å²) in [5, 5.41) is 3.98. The maximum absolute atomic E-state index is 12.9. The lowest BCUT2D eigenvalue weighted by Gasteiger charge is -2.02. The number of nitrogens with zero attached hydrogens (tertiary/aromatic N) is 2. The summed E-state index contributed by atoms with van der Waals surface area (Å²) in [6.45, 7) is -0.254. The fourth-order valence-electron chi connectivity index (χ4n) is 2.12. The Morgan fingerprint density at radius 2 is 1.83 bits per heavy atom. The van der Waals surface area contributed by atoms with E-state index in [1.807, 2.05) is 0 Å². The number of ketones is 1. The van der Waals surface area contributed by atoms with Crippen LogP contribution >= 0.6 is 0 Å². The van der Waals surface area contributed by atoms with Gasteiger partial charge >= 0.3 is 5.76 Å². The third kappa shape index (κ3) is 3.24. The molecule has 1 aromatic heterocycles. The summed E-state index contributed by atoms with van der Waals surface area (Å²) >= 11 is 0. The largest absolute Gasteiger partial charge is 0.497 e. The van der Waals surface area contributed by atoms with E-state index in [1.165, 1.54) is 31.4 Å². The lowest BCUT2D eigenvalue weighted by molar-refractivity contribution is 0.0965. The number of hydrogen-bond acceptors (Lipinski definition) is 5. The van der Waals surface area contributed by atoms with Crippen LogP contribution in [0.25, 0.3) is 11.5 Å². The van der Waals surface area contributed by atoms with Crippen molar-refractivity contribution >= 4 is 5.78 Å². The Morgan fingerprint density at radius 3 is 2.46 bits per heavy atom.